The minimum Gasteiger partial charge on any atom is -0.497 e. The Morgan fingerprint density at radius 3 is 2.27 bits per heavy atom. The number of hydrogen-bond acceptors (Lipinski definition) is 6. The Kier molecular flexibility index (Phi) is 9.33. The molecule has 2 aliphatic heterocycles. The van der Waals surface area contributed by atoms with Gasteiger partial charge in [0.1, 0.15) is 5.75 Å². The van der Waals surface area contributed by atoms with Crippen LogP contribution in [0.3, 0.4) is 0 Å². The molecule has 2 aliphatic rings. The first kappa shape index (κ1) is 27.7. The van der Waals surface area contributed by atoms with Crippen LogP contribution in [0, 0.1) is 11.3 Å². The highest BCUT2D eigenvalue weighted by Gasteiger charge is 2.25. The number of piperazine rings is 1. The minimum atomic E-state index is -0.0975. The number of carbonyl (C=O) groups excluding carboxylic acids is 1. The monoisotopic (exact) mass is 538 g/mol. The van der Waals surface area contributed by atoms with E-state index < -0.39 is 0 Å². The summed E-state index contributed by atoms with van der Waals surface area (Å²) >= 11 is 0. The molecule has 2 saturated heterocycles. The highest BCUT2D eigenvalue weighted by atomic mass is 16.5. The molecule has 0 radical (unpaired) electrons. The molecular formula is C33H38N4O3. The van der Waals surface area contributed by atoms with Gasteiger partial charge in [-0.05, 0) is 65.9 Å². The fraction of sp³-hybridized carbons (Fsp3) is 0.394. The van der Waals surface area contributed by atoms with E-state index in [-0.39, 0.29) is 12.0 Å². The molecule has 1 atom stereocenters. The van der Waals surface area contributed by atoms with Gasteiger partial charge >= 0.3 is 0 Å². The van der Waals surface area contributed by atoms with Crippen molar-refractivity contribution in [1.82, 2.24) is 9.80 Å². The predicted molar refractivity (Wildman–Crippen MR) is 156 cm³/mol. The molecule has 40 heavy (non-hydrogen) atoms. The van der Waals surface area contributed by atoms with Gasteiger partial charge in [-0.1, -0.05) is 36.4 Å². The van der Waals surface area contributed by atoms with Crippen LogP contribution in [0.5, 0.6) is 5.75 Å². The summed E-state index contributed by atoms with van der Waals surface area (Å²) in [4.78, 5) is 19.8. The molecule has 7 nitrogen and oxygen atoms in total. The number of benzene rings is 3. The summed E-state index contributed by atoms with van der Waals surface area (Å²) in [7, 11) is 1.65. The van der Waals surface area contributed by atoms with E-state index in [4.69, 9.17) is 14.7 Å². The third-order valence-electron chi connectivity index (χ3n) is 7.91. The van der Waals surface area contributed by atoms with Crippen molar-refractivity contribution in [2.75, 3.05) is 57.8 Å². The van der Waals surface area contributed by atoms with E-state index in [1.165, 1.54) is 24.1 Å². The summed E-state index contributed by atoms with van der Waals surface area (Å²) in [6.07, 6.45) is 2.79. The summed E-state index contributed by atoms with van der Waals surface area (Å²) in [6, 6.07) is 26.3. The van der Waals surface area contributed by atoms with Gasteiger partial charge < -0.3 is 19.3 Å². The van der Waals surface area contributed by atoms with Gasteiger partial charge in [0.15, 0.2) is 0 Å². The van der Waals surface area contributed by atoms with E-state index >= 15 is 0 Å². The van der Waals surface area contributed by atoms with Crippen molar-refractivity contribution in [3.63, 3.8) is 0 Å². The van der Waals surface area contributed by atoms with Crippen molar-refractivity contribution < 1.29 is 14.3 Å². The Labute approximate surface area is 237 Å². The second kappa shape index (κ2) is 13.5. The first-order chi connectivity index (χ1) is 19.6. The van der Waals surface area contributed by atoms with Crippen LogP contribution in [0.15, 0.2) is 72.8 Å². The van der Waals surface area contributed by atoms with E-state index in [1.807, 2.05) is 53.4 Å². The summed E-state index contributed by atoms with van der Waals surface area (Å²) < 4.78 is 11.8. The molecule has 0 spiro atoms. The van der Waals surface area contributed by atoms with Crippen LogP contribution in [0.4, 0.5) is 5.69 Å². The molecule has 0 N–H and O–H groups in total. The topological polar surface area (TPSA) is 69.0 Å². The Bertz CT molecular complexity index is 1290. The first-order valence-corrected chi connectivity index (χ1v) is 14.2. The molecule has 2 heterocycles. The van der Waals surface area contributed by atoms with E-state index in [2.05, 4.69) is 40.1 Å². The molecule has 0 bridgehead atoms. The molecule has 208 valence electrons. The zero-order valence-corrected chi connectivity index (χ0v) is 23.3. The molecule has 3 aromatic carbocycles. The zero-order valence-electron chi connectivity index (χ0n) is 23.3. The fourth-order valence-electron chi connectivity index (χ4n) is 5.47. The standard InChI is InChI=1S/C33H38N4O3/c1-39-31-13-11-26(12-14-31)21-33(38)37-19-17-35(18-20-37)24-32(40-25-28-9-7-27(23-34)8-10-28)29-5-4-6-30(22-29)36-15-2-3-16-36/h4-14,22,32H,2-3,15-21,24-25H2,1H3. The van der Waals surface area contributed by atoms with Crippen molar-refractivity contribution in [3.8, 4) is 11.8 Å². The van der Waals surface area contributed by atoms with Crippen LogP contribution in [-0.4, -0.2) is 68.6 Å². The lowest BCUT2D eigenvalue weighted by Crippen LogP contribution is -2.50. The van der Waals surface area contributed by atoms with Gasteiger partial charge in [0.05, 0.1) is 37.9 Å². The maximum Gasteiger partial charge on any atom is 0.227 e. The molecule has 1 unspecified atom stereocenters. The fourth-order valence-corrected chi connectivity index (χ4v) is 5.47. The summed E-state index contributed by atoms with van der Waals surface area (Å²) in [5, 5.41) is 9.12. The average molecular weight is 539 g/mol. The first-order valence-electron chi connectivity index (χ1n) is 14.2. The third kappa shape index (κ3) is 7.20. The van der Waals surface area contributed by atoms with Crippen molar-refractivity contribution in [2.45, 2.75) is 32.0 Å². The maximum atomic E-state index is 13.0. The van der Waals surface area contributed by atoms with Crippen LogP contribution < -0.4 is 9.64 Å². The van der Waals surface area contributed by atoms with Gasteiger partial charge in [0.2, 0.25) is 5.91 Å². The number of nitriles is 1. The summed E-state index contributed by atoms with van der Waals surface area (Å²) in [6.45, 7) is 6.51. The van der Waals surface area contributed by atoms with Gasteiger partial charge in [-0.3, -0.25) is 9.69 Å². The number of nitrogens with zero attached hydrogens (tertiary/aromatic N) is 4. The average Bonchev–Trinajstić information content (AvgIpc) is 3.56. The van der Waals surface area contributed by atoms with Crippen LogP contribution in [-0.2, 0) is 22.6 Å². The molecule has 0 aliphatic carbocycles. The smallest absolute Gasteiger partial charge is 0.227 e. The lowest BCUT2D eigenvalue weighted by atomic mass is 10.1. The van der Waals surface area contributed by atoms with Crippen molar-refractivity contribution in [3.05, 3.63) is 95.1 Å². The van der Waals surface area contributed by atoms with Gasteiger partial charge in [-0.15, -0.1) is 0 Å². The van der Waals surface area contributed by atoms with Crippen LogP contribution in [0.2, 0.25) is 0 Å². The van der Waals surface area contributed by atoms with Crippen LogP contribution >= 0.6 is 0 Å². The minimum absolute atomic E-state index is 0.0975. The van der Waals surface area contributed by atoms with Gasteiger partial charge in [0.25, 0.3) is 0 Å². The quantitative estimate of drug-likeness (QED) is 0.369. The lowest BCUT2D eigenvalue weighted by molar-refractivity contribution is -0.132. The van der Waals surface area contributed by atoms with Gasteiger partial charge in [-0.2, -0.15) is 5.26 Å². The summed E-state index contributed by atoms with van der Waals surface area (Å²) in [5.41, 5.74) is 5.14. The summed E-state index contributed by atoms with van der Waals surface area (Å²) in [5.74, 6) is 0.962. The van der Waals surface area contributed by atoms with Crippen LogP contribution in [0.1, 0.15) is 41.2 Å². The highest BCUT2D eigenvalue weighted by Crippen LogP contribution is 2.28. The Balaban J connectivity index is 1.22. The number of ether oxygens (including phenoxy) is 2. The van der Waals surface area contributed by atoms with E-state index in [0.29, 0.717) is 31.7 Å². The van der Waals surface area contributed by atoms with Gasteiger partial charge in [0, 0.05) is 51.5 Å². The van der Waals surface area contributed by atoms with Crippen molar-refractivity contribution in [2.24, 2.45) is 0 Å². The zero-order chi connectivity index (χ0) is 27.7. The van der Waals surface area contributed by atoms with Crippen LogP contribution in [0.25, 0.3) is 0 Å². The number of amides is 1. The van der Waals surface area contributed by atoms with E-state index in [0.717, 1.165) is 49.6 Å². The van der Waals surface area contributed by atoms with Gasteiger partial charge in [-0.25, -0.2) is 0 Å². The third-order valence-corrected chi connectivity index (χ3v) is 7.91. The van der Waals surface area contributed by atoms with Crippen molar-refractivity contribution >= 4 is 11.6 Å². The highest BCUT2D eigenvalue weighted by molar-refractivity contribution is 5.79. The SMILES string of the molecule is COc1ccc(CC(=O)N2CCN(CC(OCc3ccc(C#N)cc3)c3cccc(N4CCCC4)c3)CC2)cc1. The second-order valence-electron chi connectivity index (χ2n) is 10.6. The molecule has 7 heteroatoms. The Morgan fingerprint density at radius 2 is 1.60 bits per heavy atom. The van der Waals surface area contributed by atoms with E-state index in [1.54, 1.807) is 7.11 Å². The molecule has 0 saturated carbocycles. The molecule has 2 fully saturated rings. The number of carbonyl (C=O) groups is 1. The molecule has 0 aromatic heterocycles. The molecule has 5 rings (SSSR count). The maximum absolute atomic E-state index is 13.0. The lowest BCUT2D eigenvalue weighted by Gasteiger charge is -2.36. The number of hydrogen-bond donors (Lipinski definition) is 0. The van der Waals surface area contributed by atoms with Crippen molar-refractivity contribution in [1.29, 1.82) is 5.26 Å². The second-order valence-corrected chi connectivity index (χ2v) is 10.6. The predicted octanol–water partition coefficient (Wildman–Crippen LogP) is 4.81. The molecule has 1 amide bonds. The number of methoxy groups -OCH3 is 1. The Morgan fingerprint density at radius 1 is 0.900 bits per heavy atom. The van der Waals surface area contributed by atoms with E-state index in [9.17, 15) is 4.79 Å². The number of rotatable bonds is 10. The largest absolute Gasteiger partial charge is 0.497 e. The number of anilines is 1. The Hall–Kier alpha value is -3.86. The molecule has 3 aromatic rings. The normalized spacial score (nSPS) is 16.5. The molecular weight excluding hydrogens is 500 g/mol.